The van der Waals surface area contributed by atoms with E-state index < -0.39 is 0 Å². The zero-order valence-electron chi connectivity index (χ0n) is 5.88. The Balaban J connectivity index is 0.000000291. The highest BCUT2D eigenvalue weighted by Gasteiger charge is 1.94. The largest absolute Gasteiger partial charge is 0.503 e. The standard InChI is InChI=1S/C4H5NO2.C2H6/c1-3-4(6)2-7-5-3;1-2/h2,6H,1H3;1-2H3. The summed E-state index contributed by atoms with van der Waals surface area (Å²) >= 11 is 0. The molecule has 9 heavy (non-hydrogen) atoms. The van der Waals surface area contributed by atoms with Crippen LogP contribution in [0.5, 0.6) is 5.75 Å². The molecule has 52 valence electrons. The van der Waals surface area contributed by atoms with Crippen LogP contribution in [0.25, 0.3) is 0 Å². The third-order valence-corrected chi connectivity index (χ3v) is 0.725. The van der Waals surface area contributed by atoms with Gasteiger partial charge in [-0.3, -0.25) is 0 Å². The van der Waals surface area contributed by atoms with Gasteiger partial charge < -0.3 is 9.63 Å². The molecule has 1 N–H and O–H groups in total. The average molecular weight is 129 g/mol. The number of aromatic hydroxyl groups is 1. The monoisotopic (exact) mass is 129 g/mol. The number of aryl methyl sites for hydroxylation is 1. The Hall–Kier alpha value is -0.990. The summed E-state index contributed by atoms with van der Waals surface area (Å²) in [4.78, 5) is 0. The minimum absolute atomic E-state index is 0.111. The van der Waals surface area contributed by atoms with Crippen LogP contribution in [0.3, 0.4) is 0 Å². The van der Waals surface area contributed by atoms with Gasteiger partial charge >= 0.3 is 0 Å². The predicted octanol–water partition coefficient (Wildman–Crippen LogP) is 1.71. The second-order valence-electron chi connectivity index (χ2n) is 1.29. The first kappa shape index (κ1) is 8.01. The maximum absolute atomic E-state index is 8.60. The van der Waals surface area contributed by atoms with Crippen LogP contribution in [-0.2, 0) is 0 Å². The van der Waals surface area contributed by atoms with E-state index in [1.807, 2.05) is 13.8 Å². The Bertz CT molecular complexity index is 143. The molecule has 0 fully saturated rings. The molecule has 0 aromatic carbocycles. The summed E-state index contributed by atoms with van der Waals surface area (Å²) in [5.74, 6) is 0.111. The molecule has 1 aromatic heterocycles. The van der Waals surface area contributed by atoms with E-state index in [2.05, 4.69) is 9.68 Å². The minimum Gasteiger partial charge on any atom is -0.503 e. The van der Waals surface area contributed by atoms with Crippen molar-refractivity contribution in [3.63, 3.8) is 0 Å². The summed E-state index contributed by atoms with van der Waals surface area (Å²) in [6.07, 6.45) is 1.19. The number of rotatable bonds is 0. The Morgan fingerprint density at radius 3 is 2.22 bits per heavy atom. The van der Waals surface area contributed by atoms with Crippen molar-refractivity contribution in [1.29, 1.82) is 0 Å². The zero-order chi connectivity index (χ0) is 7.28. The van der Waals surface area contributed by atoms with Crippen molar-refractivity contribution in [3.8, 4) is 5.75 Å². The fourth-order valence-corrected chi connectivity index (χ4v) is 0.287. The molecule has 0 bridgehead atoms. The van der Waals surface area contributed by atoms with Crippen LogP contribution in [0.1, 0.15) is 19.5 Å². The third-order valence-electron chi connectivity index (χ3n) is 0.725. The normalized spacial score (nSPS) is 7.89. The Labute approximate surface area is 54.3 Å². The molecule has 0 saturated heterocycles. The van der Waals surface area contributed by atoms with Crippen LogP contribution in [0.4, 0.5) is 0 Å². The summed E-state index contributed by atoms with van der Waals surface area (Å²) in [5, 5.41) is 12.0. The van der Waals surface area contributed by atoms with Crippen molar-refractivity contribution in [3.05, 3.63) is 12.0 Å². The average Bonchev–Trinajstić information content (AvgIpc) is 2.23. The zero-order valence-corrected chi connectivity index (χ0v) is 5.88. The number of hydrogen-bond donors (Lipinski definition) is 1. The molecule has 0 saturated carbocycles. The van der Waals surface area contributed by atoms with Crippen LogP contribution >= 0.6 is 0 Å². The summed E-state index contributed by atoms with van der Waals surface area (Å²) in [5.41, 5.74) is 0.528. The lowest BCUT2D eigenvalue weighted by Gasteiger charge is -1.74. The maximum Gasteiger partial charge on any atom is 0.178 e. The molecule has 0 radical (unpaired) electrons. The van der Waals surface area contributed by atoms with E-state index in [4.69, 9.17) is 5.11 Å². The summed E-state index contributed by atoms with van der Waals surface area (Å²) in [7, 11) is 0. The van der Waals surface area contributed by atoms with Gasteiger partial charge in [0.25, 0.3) is 0 Å². The fraction of sp³-hybridized carbons (Fsp3) is 0.500. The van der Waals surface area contributed by atoms with Gasteiger partial charge in [0.2, 0.25) is 0 Å². The Morgan fingerprint density at radius 1 is 1.56 bits per heavy atom. The van der Waals surface area contributed by atoms with Crippen molar-refractivity contribution >= 4 is 0 Å². The third kappa shape index (κ3) is 2.17. The van der Waals surface area contributed by atoms with Crippen molar-refractivity contribution in [2.75, 3.05) is 0 Å². The predicted molar refractivity (Wildman–Crippen MR) is 34.3 cm³/mol. The molecule has 0 aliphatic carbocycles. The molecule has 1 rings (SSSR count). The van der Waals surface area contributed by atoms with Gasteiger partial charge in [-0.15, -0.1) is 0 Å². The number of aromatic nitrogens is 1. The lowest BCUT2D eigenvalue weighted by molar-refractivity contribution is 0.406. The van der Waals surface area contributed by atoms with Gasteiger partial charge in [-0.05, 0) is 6.92 Å². The van der Waals surface area contributed by atoms with Crippen molar-refractivity contribution in [1.82, 2.24) is 5.16 Å². The highest BCUT2D eigenvalue weighted by atomic mass is 16.5. The molecule has 1 aromatic rings. The molecule has 0 atom stereocenters. The summed E-state index contributed by atoms with van der Waals surface area (Å²) in [6, 6.07) is 0. The van der Waals surface area contributed by atoms with Crippen molar-refractivity contribution in [2.24, 2.45) is 0 Å². The highest BCUT2D eigenvalue weighted by molar-refractivity contribution is 5.17. The molecule has 0 spiro atoms. The van der Waals surface area contributed by atoms with Crippen LogP contribution in [-0.4, -0.2) is 10.3 Å². The van der Waals surface area contributed by atoms with Crippen LogP contribution in [0.15, 0.2) is 10.8 Å². The van der Waals surface area contributed by atoms with Gasteiger partial charge in [-0.1, -0.05) is 19.0 Å². The smallest absolute Gasteiger partial charge is 0.178 e. The van der Waals surface area contributed by atoms with E-state index in [-0.39, 0.29) is 5.75 Å². The molecule has 0 unspecified atom stereocenters. The molecular formula is C6H11NO2. The van der Waals surface area contributed by atoms with E-state index in [0.717, 1.165) is 0 Å². The van der Waals surface area contributed by atoms with E-state index in [1.165, 1.54) is 6.26 Å². The first-order chi connectivity index (χ1) is 4.30. The van der Waals surface area contributed by atoms with Gasteiger partial charge in [0, 0.05) is 0 Å². The molecule has 3 heteroatoms. The first-order valence-corrected chi connectivity index (χ1v) is 2.90. The summed E-state index contributed by atoms with van der Waals surface area (Å²) < 4.78 is 4.34. The van der Waals surface area contributed by atoms with Gasteiger partial charge in [-0.25, -0.2) is 0 Å². The van der Waals surface area contributed by atoms with E-state index in [9.17, 15) is 0 Å². The molecule has 0 aliphatic heterocycles. The van der Waals surface area contributed by atoms with Gasteiger partial charge in [0.1, 0.15) is 5.69 Å². The topological polar surface area (TPSA) is 46.3 Å². The van der Waals surface area contributed by atoms with Crippen LogP contribution in [0.2, 0.25) is 0 Å². The van der Waals surface area contributed by atoms with Crippen molar-refractivity contribution in [2.45, 2.75) is 20.8 Å². The highest BCUT2D eigenvalue weighted by Crippen LogP contribution is 2.10. The number of hydrogen-bond acceptors (Lipinski definition) is 3. The quantitative estimate of drug-likeness (QED) is 0.580. The molecule has 0 amide bonds. The van der Waals surface area contributed by atoms with E-state index in [1.54, 1.807) is 6.92 Å². The lowest BCUT2D eigenvalue weighted by atomic mass is 10.5. The summed E-state index contributed by atoms with van der Waals surface area (Å²) in [6.45, 7) is 5.67. The van der Waals surface area contributed by atoms with E-state index >= 15 is 0 Å². The maximum atomic E-state index is 8.60. The van der Waals surface area contributed by atoms with Gasteiger partial charge in [0.05, 0.1) is 0 Å². The second kappa shape index (κ2) is 3.95. The molecular weight excluding hydrogens is 118 g/mol. The van der Waals surface area contributed by atoms with Crippen LogP contribution in [0, 0.1) is 6.92 Å². The molecule has 0 aliphatic rings. The first-order valence-electron chi connectivity index (χ1n) is 2.90. The lowest BCUT2D eigenvalue weighted by Crippen LogP contribution is -1.64. The molecule has 3 nitrogen and oxygen atoms in total. The fourth-order valence-electron chi connectivity index (χ4n) is 0.287. The van der Waals surface area contributed by atoms with Crippen LogP contribution < -0.4 is 0 Å². The van der Waals surface area contributed by atoms with Crippen molar-refractivity contribution < 1.29 is 9.63 Å². The van der Waals surface area contributed by atoms with Gasteiger partial charge in [-0.2, -0.15) is 0 Å². The Morgan fingerprint density at radius 2 is 2.11 bits per heavy atom. The molecule has 1 heterocycles. The second-order valence-corrected chi connectivity index (χ2v) is 1.29. The van der Waals surface area contributed by atoms with Gasteiger partial charge in [0.15, 0.2) is 12.0 Å². The SMILES string of the molecule is CC.Cc1nocc1O. The minimum atomic E-state index is 0.111. The number of nitrogens with zero attached hydrogens (tertiary/aromatic N) is 1. The Kier molecular flexibility index (Phi) is 3.51. The van der Waals surface area contributed by atoms with E-state index in [0.29, 0.717) is 5.69 Å².